The van der Waals surface area contributed by atoms with Gasteiger partial charge in [0.1, 0.15) is 6.61 Å². The zero-order valence-electron chi connectivity index (χ0n) is 10.5. The first kappa shape index (κ1) is 13.4. The minimum absolute atomic E-state index is 0.355. The molecule has 0 atom stereocenters. The van der Waals surface area contributed by atoms with Crippen molar-refractivity contribution < 1.29 is 19.5 Å². The van der Waals surface area contributed by atoms with Gasteiger partial charge in [-0.05, 0) is 35.3 Å². The van der Waals surface area contributed by atoms with Crippen LogP contribution in [0, 0.1) is 0 Å². The fourth-order valence-electron chi connectivity index (χ4n) is 1.60. The molecule has 0 unspecified atom stereocenters. The summed E-state index contributed by atoms with van der Waals surface area (Å²) >= 11 is 0. The van der Waals surface area contributed by atoms with Crippen LogP contribution in [0.15, 0.2) is 42.7 Å². The van der Waals surface area contributed by atoms with Gasteiger partial charge in [0.15, 0.2) is 11.5 Å². The number of pyridine rings is 1. The summed E-state index contributed by atoms with van der Waals surface area (Å²) in [6.45, 7) is 0.389. The van der Waals surface area contributed by atoms with E-state index in [2.05, 4.69) is 4.98 Å². The Morgan fingerprint density at radius 3 is 2.47 bits per heavy atom. The van der Waals surface area contributed by atoms with Crippen LogP contribution in [0.2, 0.25) is 0 Å². The van der Waals surface area contributed by atoms with E-state index in [-0.39, 0.29) is 0 Å². The van der Waals surface area contributed by atoms with Crippen LogP contribution in [0.5, 0.6) is 11.5 Å². The predicted molar refractivity (Wildman–Crippen MR) is 71.4 cm³/mol. The largest absolute Gasteiger partial charge is 0.493 e. The molecule has 0 saturated heterocycles. The molecule has 0 aliphatic rings. The molecule has 0 saturated carbocycles. The van der Waals surface area contributed by atoms with Gasteiger partial charge < -0.3 is 19.5 Å². The number of nitrogens with zero attached hydrogens (tertiary/aromatic N) is 1. The van der Waals surface area contributed by atoms with Crippen molar-refractivity contribution in [2.45, 2.75) is 6.61 Å². The van der Waals surface area contributed by atoms with Crippen LogP contribution >= 0.6 is 0 Å². The maximum absolute atomic E-state index is 9.09. The molecule has 1 aromatic carbocycles. The lowest BCUT2D eigenvalue weighted by molar-refractivity contribution is 0.284. The number of methoxy groups -OCH3 is 1. The molecule has 98 valence electrons. The van der Waals surface area contributed by atoms with E-state index in [1.165, 1.54) is 13.2 Å². The molecular weight excluding hydrogens is 245 g/mol. The molecule has 6 heteroatoms. The summed E-state index contributed by atoms with van der Waals surface area (Å²) in [7, 11) is -0.0227. The molecule has 0 aliphatic heterocycles. The van der Waals surface area contributed by atoms with E-state index in [1.807, 2.05) is 12.1 Å². The third-order valence-corrected chi connectivity index (χ3v) is 2.63. The summed E-state index contributed by atoms with van der Waals surface area (Å²) in [6, 6.07) is 8.48. The number of hydrogen-bond donors (Lipinski definition) is 2. The molecular formula is C13H14BNO4. The van der Waals surface area contributed by atoms with E-state index in [4.69, 9.17) is 19.5 Å². The van der Waals surface area contributed by atoms with Gasteiger partial charge in [0, 0.05) is 12.4 Å². The lowest BCUT2D eigenvalue weighted by Crippen LogP contribution is -2.29. The second-order valence-electron chi connectivity index (χ2n) is 3.93. The Kier molecular flexibility index (Phi) is 4.38. The lowest BCUT2D eigenvalue weighted by Gasteiger charge is -2.12. The molecule has 1 aromatic heterocycles. The van der Waals surface area contributed by atoms with Crippen molar-refractivity contribution in [1.29, 1.82) is 0 Å². The van der Waals surface area contributed by atoms with Crippen LogP contribution in [0.4, 0.5) is 0 Å². The van der Waals surface area contributed by atoms with Crippen LogP contribution in [-0.2, 0) is 6.61 Å². The summed E-state index contributed by atoms with van der Waals surface area (Å²) in [4.78, 5) is 3.93. The molecule has 0 amide bonds. The van der Waals surface area contributed by atoms with Crippen molar-refractivity contribution in [3.05, 3.63) is 48.3 Å². The first-order valence-electron chi connectivity index (χ1n) is 5.76. The quantitative estimate of drug-likeness (QED) is 0.758. The third-order valence-electron chi connectivity index (χ3n) is 2.63. The van der Waals surface area contributed by atoms with Gasteiger partial charge in [-0.15, -0.1) is 0 Å². The number of aromatic nitrogens is 1. The number of ether oxygens (including phenoxy) is 2. The van der Waals surface area contributed by atoms with Crippen molar-refractivity contribution in [2.75, 3.05) is 7.11 Å². The van der Waals surface area contributed by atoms with E-state index in [1.54, 1.807) is 24.5 Å². The molecule has 0 fully saturated rings. The lowest BCUT2D eigenvalue weighted by atomic mass is 9.80. The van der Waals surface area contributed by atoms with Crippen molar-refractivity contribution in [3.8, 4) is 11.5 Å². The molecule has 1 heterocycles. The molecule has 2 rings (SSSR count). The summed E-state index contributed by atoms with van der Waals surface area (Å²) in [5, 5.41) is 18.2. The molecule has 0 spiro atoms. The highest BCUT2D eigenvalue weighted by atomic mass is 16.5. The van der Waals surface area contributed by atoms with Crippen LogP contribution in [0.1, 0.15) is 5.56 Å². The predicted octanol–water partition coefficient (Wildman–Crippen LogP) is 0.349. The Bertz CT molecular complexity index is 533. The fraction of sp³-hybridized carbons (Fsp3) is 0.154. The molecule has 2 N–H and O–H groups in total. The summed E-state index contributed by atoms with van der Waals surface area (Å²) in [6.07, 6.45) is 3.39. The molecule has 0 radical (unpaired) electrons. The Morgan fingerprint density at radius 2 is 1.84 bits per heavy atom. The highest BCUT2D eigenvalue weighted by Crippen LogP contribution is 2.26. The SMILES string of the molecule is COc1cc(B(O)O)ccc1OCc1ccncc1. The summed E-state index contributed by atoms with van der Waals surface area (Å²) in [5.74, 6) is 1.00. The average molecular weight is 259 g/mol. The van der Waals surface area contributed by atoms with Gasteiger partial charge in [-0.2, -0.15) is 0 Å². The van der Waals surface area contributed by atoms with Gasteiger partial charge in [0.05, 0.1) is 7.11 Å². The first-order valence-corrected chi connectivity index (χ1v) is 5.76. The highest BCUT2D eigenvalue weighted by Gasteiger charge is 2.14. The fourth-order valence-corrected chi connectivity index (χ4v) is 1.60. The highest BCUT2D eigenvalue weighted by molar-refractivity contribution is 6.58. The zero-order valence-corrected chi connectivity index (χ0v) is 10.5. The average Bonchev–Trinajstić information content (AvgIpc) is 2.45. The summed E-state index contributed by atoms with van der Waals surface area (Å²) in [5.41, 5.74) is 1.34. The zero-order chi connectivity index (χ0) is 13.7. The third kappa shape index (κ3) is 3.46. The molecule has 0 bridgehead atoms. The van der Waals surface area contributed by atoms with E-state index >= 15 is 0 Å². The minimum Gasteiger partial charge on any atom is -0.493 e. The van der Waals surface area contributed by atoms with Crippen LogP contribution < -0.4 is 14.9 Å². The van der Waals surface area contributed by atoms with Crippen LogP contribution in [-0.4, -0.2) is 29.3 Å². The van der Waals surface area contributed by atoms with E-state index < -0.39 is 7.12 Å². The normalized spacial score (nSPS) is 10.1. The van der Waals surface area contributed by atoms with Gasteiger partial charge in [-0.1, -0.05) is 6.07 Å². The number of hydrogen-bond acceptors (Lipinski definition) is 5. The number of benzene rings is 1. The van der Waals surface area contributed by atoms with Gasteiger partial charge in [0.25, 0.3) is 0 Å². The van der Waals surface area contributed by atoms with Crippen molar-refractivity contribution in [2.24, 2.45) is 0 Å². The Morgan fingerprint density at radius 1 is 1.11 bits per heavy atom. The standard InChI is InChI=1S/C13H14BNO4/c1-18-13-8-11(14(16)17)2-3-12(13)19-9-10-4-6-15-7-5-10/h2-8,16-17H,9H2,1H3. The van der Waals surface area contributed by atoms with E-state index in [9.17, 15) is 0 Å². The second kappa shape index (κ2) is 6.22. The van der Waals surface area contributed by atoms with Gasteiger partial charge in [0.2, 0.25) is 0 Å². The van der Waals surface area contributed by atoms with Crippen molar-refractivity contribution >= 4 is 12.6 Å². The number of rotatable bonds is 5. The molecule has 0 aliphatic carbocycles. The summed E-state index contributed by atoms with van der Waals surface area (Å²) < 4.78 is 10.8. The van der Waals surface area contributed by atoms with E-state index in [0.29, 0.717) is 23.6 Å². The van der Waals surface area contributed by atoms with Crippen LogP contribution in [0.25, 0.3) is 0 Å². The smallest absolute Gasteiger partial charge is 0.488 e. The Balaban J connectivity index is 2.12. The second-order valence-corrected chi connectivity index (χ2v) is 3.93. The maximum Gasteiger partial charge on any atom is 0.488 e. The van der Waals surface area contributed by atoms with Gasteiger partial charge in [-0.3, -0.25) is 4.98 Å². The van der Waals surface area contributed by atoms with Crippen molar-refractivity contribution in [3.63, 3.8) is 0 Å². The van der Waals surface area contributed by atoms with Gasteiger partial charge >= 0.3 is 7.12 Å². The maximum atomic E-state index is 9.09. The monoisotopic (exact) mass is 259 g/mol. The van der Waals surface area contributed by atoms with Crippen molar-refractivity contribution in [1.82, 2.24) is 4.98 Å². The Hall–Kier alpha value is -2.05. The topological polar surface area (TPSA) is 71.8 Å². The molecule has 2 aromatic rings. The van der Waals surface area contributed by atoms with E-state index in [0.717, 1.165) is 5.56 Å². The van der Waals surface area contributed by atoms with Crippen LogP contribution in [0.3, 0.4) is 0 Å². The molecule has 5 nitrogen and oxygen atoms in total. The Labute approximate surface area is 111 Å². The minimum atomic E-state index is -1.52. The van der Waals surface area contributed by atoms with Gasteiger partial charge in [-0.25, -0.2) is 0 Å². The molecule has 19 heavy (non-hydrogen) atoms. The first-order chi connectivity index (χ1) is 9.20.